The molecular weight excluding hydrogens is 406 g/mol. The van der Waals surface area contributed by atoms with Crippen LogP contribution in [0, 0.1) is 6.92 Å². The van der Waals surface area contributed by atoms with E-state index >= 15 is 0 Å². The molecule has 1 aromatic heterocycles. The lowest BCUT2D eigenvalue weighted by Gasteiger charge is -2.40. The number of aromatic nitrogens is 3. The standard InChI is InChI=1S/C20H27N5O4S/c1-12-21-20-25(22-12)19(26)18(30-20)16(24-8-6-23(2)7-9-24)13-10-14(27-3)17(29-5)15(11-13)28-4/h10-11,16,18H,6-9H2,1-5H3. The molecule has 3 heterocycles. The van der Waals surface area contributed by atoms with Crippen LogP contribution in [0.5, 0.6) is 17.2 Å². The van der Waals surface area contributed by atoms with E-state index in [1.807, 2.05) is 12.1 Å². The zero-order valence-corrected chi connectivity index (χ0v) is 18.7. The van der Waals surface area contributed by atoms with E-state index in [9.17, 15) is 4.79 Å². The molecule has 162 valence electrons. The second-order valence-electron chi connectivity index (χ2n) is 7.47. The molecular formula is C20H27N5O4S. The van der Waals surface area contributed by atoms with Gasteiger partial charge in [-0.1, -0.05) is 11.8 Å². The number of hydrogen-bond acceptors (Lipinski definition) is 9. The molecule has 9 nitrogen and oxygen atoms in total. The topological polar surface area (TPSA) is 82.0 Å². The number of benzene rings is 1. The number of aryl methyl sites for hydroxylation is 1. The number of carbonyl (C=O) groups is 1. The highest BCUT2D eigenvalue weighted by Gasteiger charge is 2.43. The molecule has 2 unspecified atom stereocenters. The van der Waals surface area contributed by atoms with Crippen molar-refractivity contribution in [3.63, 3.8) is 0 Å². The van der Waals surface area contributed by atoms with E-state index in [0.717, 1.165) is 31.7 Å². The molecule has 10 heteroatoms. The Morgan fingerprint density at radius 3 is 2.23 bits per heavy atom. The Kier molecular flexibility index (Phi) is 5.90. The number of fused-ring (bicyclic) bond motifs is 1. The van der Waals surface area contributed by atoms with Gasteiger partial charge in [0.1, 0.15) is 11.1 Å². The molecule has 0 saturated carbocycles. The number of carbonyl (C=O) groups excluding carboxylic acids is 1. The molecule has 0 N–H and O–H groups in total. The summed E-state index contributed by atoms with van der Waals surface area (Å²) in [7, 11) is 6.90. The molecule has 2 aromatic rings. The first-order valence-electron chi connectivity index (χ1n) is 9.83. The van der Waals surface area contributed by atoms with Crippen LogP contribution in [-0.4, -0.2) is 90.3 Å². The molecule has 2 atom stereocenters. The highest BCUT2D eigenvalue weighted by Crippen LogP contribution is 2.46. The van der Waals surface area contributed by atoms with Crippen molar-refractivity contribution in [1.82, 2.24) is 24.6 Å². The second kappa shape index (κ2) is 8.44. The van der Waals surface area contributed by atoms with Gasteiger partial charge in [0.15, 0.2) is 16.7 Å². The molecule has 0 spiro atoms. The zero-order chi connectivity index (χ0) is 21.4. The van der Waals surface area contributed by atoms with Crippen molar-refractivity contribution < 1.29 is 19.0 Å². The predicted octanol–water partition coefficient (Wildman–Crippen LogP) is 1.72. The van der Waals surface area contributed by atoms with Gasteiger partial charge in [-0.3, -0.25) is 9.69 Å². The van der Waals surface area contributed by atoms with E-state index < -0.39 is 0 Å². The smallest absolute Gasteiger partial charge is 0.264 e. The summed E-state index contributed by atoms with van der Waals surface area (Å²) in [5, 5.41) is 4.58. The zero-order valence-electron chi connectivity index (χ0n) is 17.9. The Labute approximate surface area is 180 Å². The highest BCUT2D eigenvalue weighted by molar-refractivity contribution is 8.00. The number of likely N-dealkylation sites (N-methyl/N-ethyl adjacent to an activating group) is 1. The maximum Gasteiger partial charge on any atom is 0.264 e. The lowest BCUT2D eigenvalue weighted by Crippen LogP contribution is -2.49. The number of nitrogens with zero attached hydrogens (tertiary/aromatic N) is 5. The lowest BCUT2D eigenvalue weighted by molar-refractivity contribution is 0.0765. The highest BCUT2D eigenvalue weighted by atomic mass is 32.2. The van der Waals surface area contributed by atoms with Crippen molar-refractivity contribution in [3.05, 3.63) is 23.5 Å². The van der Waals surface area contributed by atoms with Gasteiger partial charge in [0, 0.05) is 26.2 Å². The van der Waals surface area contributed by atoms with E-state index in [1.165, 1.54) is 16.4 Å². The lowest BCUT2D eigenvalue weighted by atomic mass is 9.98. The van der Waals surface area contributed by atoms with Crippen LogP contribution in [0.15, 0.2) is 17.3 Å². The quantitative estimate of drug-likeness (QED) is 0.676. The minimum Gasteiger partial charge on any atom is -0.493 e. The van der Waals surface area contributed by atoms with Gasteiger partial charge in [-0.05, 0) is 31.7 Å². The van der Waals surface area contributed by atoms with Crippen molar-refractivity contribution >= 4 is 17.7 Å². The fraction of sp³-hybridized carbons (Fsp3) is 0.550. The van der Waals surface area contributed by atoms with E-state index in [1.54, 1.807) is 28.3 Å². The Bertz CT molecular complexity index is 916. The molecule has 0 aliphatic carbocycles. The van der Waals surface area contributed by atoms with Crippen LogP contribution in [-0.2, 0) is 0 Å². The van der Waals surface area contributed by atoms with Gasteiger partial charge in [-0.2, -0.15) is 4.68 Å². The third-order valence-corrected chi connectivity index (χ3v) is 6.80. The number of methoxy groups -OCH3 is 3. The Hall–Kier alpha value is -2.30. The Morgan fingerprint density at radius 1 is 1.07 bits per heavy atom. The third kappa shape index (κ3) is 3.63. The van der Waals surface area contributed by atoms with Crippen molar-refractivity contribution in [2.45, 2.75) is 23.4 Å². The summed E-state index contributed by atoms with van der Waals surface area (Å²) in [6, 6.07) is 3.71. The third-order valence-electron chi connectivity index (χ3n) is 5.61. The fourth-order valence-electron chi connectivity index (χ4n) is 4.05. The van der Waals surface area contributed by atoms with Crippen molar-refractivity contribution in [1.29, 1.82) is 0 Å². The summed E-state index contributed by atoms with van der Waals surface area (Å²) in [5.74, 6) is 2.25. The fourth-order valence-corrected chi connectivity index (χ4v) is 5.35. The molecule has 30 heavy (non-hydrogen) atoms. The van der Waals surface area contributed by atoms with Crippen molar-refractivity contribution in [2.24, 2.45) is 0 Å². The molecule has 2 aliphatic rings. The molecule has 1 fully saturated rings. The largest absolute Gasteiger partial charge is 0.493 e. The first-order valence-corrected chi connectivity index (χ1v) is 10.7. The van der Waals surface area contributed by atoms with Gasteiger partial charge in [-0.15, -0.1) is 5.10 Å². The Balaban J connectivity index is 1.77. The van der Waals surface area contributed by atoms with Gasteiger partial charge in [0.05, 0.1) is 27.4 Å². The second-order valence-corrected chi connectivity index (χ2v) is 8.58. The van der Waals surface area contributed by atoms with Crippen LogP contribution in [0.2, 0.25) is 0 Å². The Morgan fingerprint density at radius 2 is 1.70 bits per heavy atom. The molecule has 0 amide bonds. The minimum atomic E-state index is -0.355. The van der Waals surface area contributed by atoms with E-state index in [2.05, 4.69) is 26.9 Å². The number of ether oxygens (including phenoxy) is 3. The van der Waals surface area contributed by atoms with E-state index in [4.69, 9.17) is 14.2 Å². The SMILES string of the molecule is COc1cc(C(C2Sc3nc(C)nn3C2=O)N2CCN(C)CC2)cc(OC)c1OC. The minimum absolute atomic E-state index is 0.0479. The summed E-state index contributed by atoms with van der Waals surface area (Å²) >= 11 is 1.47. The molecule has 0 radical (unpaired) electrons. The maximum atomic E-state index is 13.3. The number of rotatable bonds is 6. The van der Waals surface area contributed by atoms with Gasteiger partial charge in [0.2, 0.25) is 5.75 Å². The summed E-state index contributed by atoms with van der Waals surface area (Å²) in [6.45, 7) is 5.39. The van der Waals surface area contributed by atoms with Gasteiger partial charge < -0.3 is 19.1 Å². The molecule has 0 bridgehead atoms. The van der Waals surface area contributed by atoms with E-state index in [0.29, 0.717) is 28.2 Å². The van der Waals surface area contributed by atoms with Crippen LogP contribution in [0.25, 0.3) is 0 Å². The van der Waals surface area contributed by atoms with Crippen LogP contribution in [0.3, 0.4) is 0 Å². The van der Waals surface area contributed by atoms with Crippen LogP contribution >= 0.6 is 11.8 Å². The normalized spacial score (nSPS) is 20.8. The predicted molar refractivity (Wildman–Crippen MR) is 113 cm³/mol. The van der Waals surface area contributed by atoms with Gasteiger partial charge in [-0.25, -0.2) is 4.98 Å². The molecule has 2 aliphatic heterocycles. The van der Waals surface area contributed by atoms with Crippen LogP contribution in [0.4, 0.5) is 0 Å². The molecule has 4 rings (SSSR count). The summed E-state index contributed by atoms with van der Waals surface area (Å²) < 4.78 is 18.1. The van der Waals surface area contributed by atoms with Crippen molar-refractivity contribution in [2.75, 3.05) is 54.6 Å². The summed E-state index contributed by atoms with van der Waals surface area (Å²) in [5.41, 5.74) is 0.947. The summed E-state index contributed by atoms with van der Waals surface area (Å²) in [4.78, 5) is 22.3. The molecule has 1 saturated heterocycles. The summed E-state index contributed by atoms with van der Waals surface area (Å²) in [6.07, 6.45) is 0. The van der Waals surface area contributed by atoms with Crippen LogP contribution < -0.4 is 14.2 Å². The van der Waals surface area contributed by atoms with Crippen molar-refractivity contribution in [3.8, 4) is 17.2 Å². The van der Waals surface area contributed by atoms with Crippen LogP contribution in [0.1, 0.15) is 22.2 Å². The molecule has 1 aromatic carbocycles. The van der Waals surface area contributed by atoms with Gasteiger partial charge in [0.25, 0.3) is 5.91 Å². The first kappa shape index (κ1) is 21.0. The average Bonchev–Trinajstić information content (AvgIpc) is 3.25. The monoisotopic (exact) mass is 433 g/mol. The average molecular weight is 434 g/mol. The number of piperazine rings is 1. The number of thioether (sulfide) groups is 1. The maximum absolute atomic E-state index is 13.3. The van der Waals surface area contributed by atoms with E-state index in [-0.39, 0.29) is 17.2 Å². The van der Waals surface area contributed by atoms with Gasteiger partial charge >= 0.3 is 0 Å². The first-order chi connectivity index (χ1) is 14.5. The number of hydrogen-bond donors (Lipinski definition) is 0.